The second-order valence-corrected chi connectivity index (χ2v) is 8.01. The number of aromatic nitrogens is 2. The van der Waals surface area contributed by atoms with E-state index >= 15 is 0 Å². The first-order valence-corrected chi connectivity index (χ1v) is 10.4. The number of amides is 3. The molecular weight excluding hydrogens is 497 g/mol. The molecule has 8 nitrogen and oxygen atoms in total. The van der Waals surface area contributed by atoms with Gasteiger partial charge in [-0.05, 0) is 77.5 Å². The molecule has 0 atom stereocenters. The standard InChI is InChI=1S/C21H18IN5O3/c22-14-4-2-13(3-5-14)19(28)25-15-6-8-16(9-7-15)26-20(29)17-18(24-12-23-17)21(30)27-10-1-11-27/h2-9,12H,1,10-11H2,(H,23,24)(H,25,28)(H,26,29). The molecule has 0 radical (unpaired) electrons. The first-order valence-electron chi connectivity index (χ1n) is 9.32. The fourth-order valence-electron chi connectivity index (χ4n) is 2.94. The fourth-order valence-corrected chi connectivity index (χ4v) is 3.30. The predicted octanol–water partition coefficient (Wildman–Crippen LogP) is 3.36. The molecular formula is C21H18IN5O3. The number of benzene rings is 2. The summed E-state index contributed by atoms with van der Waals surface area (Å²) in [6, 6.07) is 14.0. The van der Waals surface area contributed by atoms with E-state index in [0.29, 0.717) is 30.0 Å². The lowest BCUT2D eigenvalue weighted by Crippen LogP contribution is -2.42. The van der Waals surface area contributed by atoms with Gasteiger partial charge in [0, 0.05) is 33.6 Å². The van der Waals surface area contributed by atoms with Crippen molar-refractivity contribution in [3.63, 3.8) is 0 Å². The number of rotatable bonds is 5. The lowest BCUT2D eigenvalue weighted by atomic mass is 10.2. The molecule has 0 bridgehead atoms. The average molecular weight is 515 g/mol. The lowest BCUT2D eigenvalue weighted by molar-refractivity contribution is 0.0642. The van der Waals surface area contributed by atoms with E-state index in [1.54, 1.807) is 41.3 Å². The molecule has 0 aliphatic carbocycles. The van der Waals surface area contributed by atoms with Crippen molar-refractivity contribution in [1.29, 1.82) is 0 Å². The Morgan fingerprint density at radius 1 is 0.900 bits per heavy atom. The normalized spacial score (nSPS) is 12.8. The highest BCUT2D eigenvalue weighted by Crippen LogP contribution is 2.18. The number of anilines is 2. The summed E-state index contributed by atoms with van der Waals surface area (Å²) in [5.74, 6) is -0.915. The summed E-state index contributed by atoms with van der Waals surface area (Å²) >= 11 is 2.18. The molecule has 1 fully saturated rings. The number of nitrogens with one attached hydrogen (secondary N) is 3. The highest BCUT2D eigenvalue weighted by molar-refractivity contribution is 14.1. The minimum absolute atomic E-state index is 0.0583. The number of hydrogen-bond donors (Lipinski definition) is 3. The van der Waals surface area contributed by atoms with Gasteiger partial charge >= 0.3 is 0 Å². The third-order valence-electron chi connectivity index (χ3n) is 4.72. The molecule has 1 aliphatic rings. The number of nitrogens with zero attached hydrogens (tertiary/aromatic N) is 2. The molecule has 1 aliphatic heterocycles. The molecule has 30 heavy (non-hydrogen) atoms. The molecule has 0 saturated carbocycles. The third kappa shape index (κ3) is 4.35. The monoisotopic (exact) mass is 515 g/mol. The zero-order valence-corrected chi connectivity index (χ0v) is 18.0. The van der Waals surface area contributed by atoms with Crippen molar-refractivity contribution >= 4 is 51.7 Å². The van der Waals surface area contributed by atoms with Crippen LogP contribution in [0.2, 0.25) is 0 Å². The van der Waals surface area contributed by atoms with E-state index in [2.05, 4.69) is 43.2 Å². The van der Waals surface area contributed by atoms with Crippen LogP contribution in [0.3, 0.4) is 0 Å². The van der Waals surface area contributed by atoms with Gasteiger partial charge in [-0.3, -0.25) is 14.4 Å². The molecule has 0 spiro atoms. The average Bonchev–Trinajstić information content (AvgIpc) is 3.19. The first kappa shape index (κ1) is 20.1. The summed E-state index contributed by atoms with van der Waals surface area (Å²) in [5.41, 5.74) is 1.94. The van der Waals surface area contributed by atoms with Crippen molar-refractivity contribution in [2.75, 3.05) is 23.7 Å². The van der Waals surface area contributed by atoms with E-state index in [1.807, 2.05) is 12.1 Å². The highest BCUT2D eigenvalue weighted by Gasteiger charge is 2.27. The van der Waals surface area contributed by atoms with Crippen molar-refractivity contribution in [3.8, 4) is 0 Å². The Morgan fingerprint density at radius 3 is 2.07 bits per heavy atom. The number of carbonyl (C=O) groups excluding carboxylic acids is 3. The van der Waals surface area contributed by atoms with Gasteiger partial charge in [0.25, 0.3) is 17.7 Å². The number of carbonyl (C=O) groups is 3. The predicted molar refractivity (Wildman–Crippen MR) is 121 cm³/mol. The summed E-state index contributed by atoms with van der Waals surface area (Å²) < 4.78 is 1.05. The Kier molecular flexibility index (Phi) is 5.79. The minimum atomic E-state index is -0.476. The Hall–Kier alpha value is -3.21. The molecule has 4 rings (SSSR count). The van der Waals surface area contributed by atoms with Gasteiger partial charge in [0.15, 0.2) is 5.69 Å². The van der Waals surface area contributed by atoms with Crippen molar-refractivity contribution in [1.82, 2.24) is 14.9 Å². The van der Waals surface area contributed by atoms with Gasteiger partial charge in [0.2, 0.25) is 0 Å². The number of hydrogen-bond acceptors (Lipinski definition) is 4. The van der Waals surface area contributed by atoms with Gasteiger partial charge in [-0.2, -0.15) is 0 Å². The topological polar surface area (TPSA) is 107 Å². The highest BCUT2D eigenvalue weighted by atomic mass is 127. The van der Waals surface area contributed by atoms with E-state index < -0.39 is 5.91 Å². The number of halogens is 1. The van der Waals surface area contributed by atoms with E-state index in [0.717, 1.165) is 9.99 Å². The minimum Gasteiger partial charge on any atom is -0.340 e. The number of imidazole rings is 1. The van der Waals surface area contributed by atoms with Gasteiger partial charge in [-0.15, -0.1) is 0 Å². The van der Waals surface area contributed by atoms with Crippen LogP contribution in [-0.4, -0.2) is 45.7 Å². The summed E-state index contributed by atoms with van der Waals surface area (Å²) in [4.78, 5) is 45.7. The maximum Gasteiger partial charge on any atom is 0.276 e. The number of aromatic amines is 1. The maximum atomic E-state index is 12.6. The van der Waals surface area contributed by atoms with Crippen LogP contribution in [0.1, 0.15) is 37.8 Å². The molecule has 1 aromatic heterocycles. The SMILES string of the molecule is O=C(Nc1ccc(NC(=O)c2nc[nH]c2C(=O)N2CCC2)cc1)c1ccc(I)cc1. The van der Waals surface area contributed by atoms with E-state index in [9.17, 15) is 14.4 Å². The second-order valence-electron chi connectivity index (χ2n) is 6.76. The van der Waals surface area contributed by atoms with Crippen molar-refractivity contribution in [2.24, 2.45) is 0 Å². The number of H-pyrrole nitrogens is 1. The maximum absolute atomic E-state index is 12.6. The molecule has 3 N–H and O–H groups in total. The van der Waals surface area contributed by atoms with Crippen LogP contribution in [0.5, 0.6) is 0 Å². The molecule has 152 valence electrons. The third-order valence-corrected chi connectivity index (χ3v) is 5.44. The van der Waals surface area contributed by atoms with Gasteiger partial charge in [0.05, 0.1) is 6.33 Å². The van der Waals surface area contributed by atoms with Crippen molar-refractivity contribution in [2.45, 2.75) is 6.42 Å². The quantitative estimate of drug-likeness (QED) is 0.453. The van der Waals surface area contributed by atoms with Gasteiger partial charge < -0.3 is 20.5 Å². The zero-order chi connectivity index (χ0) is 21.1. The first-order chi connectivity index (χ1) is 14.5. The largest absolute Gasteiger partial charge is 0.340 e. The summed E-state index contributed by atoms with van der Waals surface area (Å²) in [6.45, 7) is 1.38. The van der Waals surface area contributed by atoms with Crippen LogP contribution in [0.25, 0.3) is 0 Å². The van der Waals surface area contributed by atoms with Gasteiger partial charge in [-0.25, -0.2) is 4.98 Å². The van der Waals surface area contributed by atoms with Crippen LogP contribution in [0.15, 0.2) is 54.9 Å². The van der Waals surface area contributed by atoms with Crippen LogP contribution < -0.4 is 10.6 Å². The molecule has 0 unspecified atom stereocenters. The van der Waals surface area contributed by atoms with Crippen LogP contribution >= 0.6 is 22.6 Å². The molecule has 3 aromatic rings. The van der Waals surface area contributed by atoms with E-state index in [-0.39, 0.29) is 23.2 Å². The van der Waals surface area contributed by atoms with E-state index in [4.69, 9.17) is 0 Å². The number of likely N-dealkylation sites (tertiary alicyclic amines) is 1. The van der Waals surface area contributed by atoms with Gasteiger partial charge in [-0.1, -0.05) is 0 Å². The smallest absolute Gasteiger partial charge is 0.276 e. The summed E-state index contributed by atoms with van der Waals surface area (Å²) in [5, 5.41) is 5.54. The Morgan fingerprint density at radius 2 is 1.50 bits per heavy atom. The summed E-state index contributed by atoms with van der Waals surface area (Å²) in [6.07, 6.45) is 2.30. The van der Waals surface area contributed by atoms with Crippen molar-refractivity contribution < 1.29 is 14.4 Å². The van der Waals surface area contributed by atoms with Gasteiger partial charge in [0.1, 0.15) is 5.69 Å². The van der Waals surface area contributed by atoms with Crippen molar-refractivity contribution in [3.05, 3.63) is 75.4 Å². The Labute approximate surface area is 186 Å². The zero-order valence-electron chi connectivity index (χ0n) is 15.8. The summed E-state index contributed by atoms with van der Waals surface area (Å²) in [7, 11) is 0. The Bertz CT molecular complexity index is 1090. The van der Waals surface area contributed by atoms with Crippen LogP contribution in [0, 0.1) is 3.57 Å². The molecule has 9 heteroatoms. The van der Waals surface area contributed by atoms with Crippen LogP contribution in [0.4, 0.5) is 11.4 Å². The molecule has 1 saturated heterocycles. The fraction of sp³-hybridized carbons (Fsp3) is 0.143. The second kappa shape index (κ2) is 8.66. The molecule has 2 heterocycles. The molecule has 2 aromatic carbocycles. The lowest BCUT2D eigenvalue weighted by Gasteiger charge is -2.30. The molecule has 3 amide bonds. The Balaban J connectivity index is 1.39. The van der Waals surface area contributed by atoms with E-state index in [1.165, 1.54) is 6.33 Å². The van der Waals surface area contributed by atoms with Crippen LogP contribution in [-0.2, 0) is 0 Å².